The van der Waals surface area contributed by atoms with Crippen molar-refractivity contribution in [3.05, 3.63) is 34.0 Å². The predicted molar refractivity (Wildman–Crippen MR) is 65.2 cm³/mol. The fourth-order valence-electron chi connectivity index (χ4n) is 1.14. The van der Waals surface area contributed by atoms with Crippen molar-refractivity contribution in [2.24, 2.45) is 0 Å². The third-order valence-corrected chi connectivity index (χ3v) is 2.53. The van der Waals surface area contributed by atoms with Crippen molar-refractivity contribution in [2.45, 2.75) is 6.54 Å². The highest BCUT2D eigenvalue weighted by Gasteiger charge is 2.01. The van der Waals surface area contributed by atoms with Gasteiger partial charge in [0, 0.05) is 3.57 Å². The summed E-state index contributed by atoms with van der Waals surface area (Å²) >= 11 is 2.21. The molecule has 1 heterocycles. The molecule has 0 atom stereocenters. The number of aromatic nitrogens is 2. The van der Waals surface area contributed by atoms with Crippen LogP contribution in [-0.2, 0) is 6.54 Å². The molecule has 15 heavy (non-hydrogen) atoms. The Bertz CT molecular complexity index is 443. The monoisotopic (exact) mass is 316 g/mol. The third kappa shape index (κ3) is 2.58. The van der Waals surface area contributed by atoms with Gasteiger partial charge in [-0.3, -0.25) is 0 Å². The molecule has 0 aliphatic heterocycles. The van der Waals surface area contributed by atoms with Gasteiger partial charge in [0.25, 0.3) is 0 Å². The molecule has 3 N–H and O–H groups in total. The van der Waals surface area contributed by atoms with E-state index in [-0.39, 0.29) is 0 Å². The third-order valence-electron chi connectivity index (χ3n) is 1.86. The molecule has 1 aromatic carbocycles. The molecule has 2 rings (SSSR count). The van der Waals surface area contributed by atoms with E-state index in [4.69, 9.17) is 5.73 Å². The quantitative estimate of drug-likeness (QED) is 0.668. The minimum absolute atomic E-state index is 0.501. The Kier molecular flexibility index (Phi) is 3.05. The molecule has 0 aliphatic carbocycles. The molecule has 0 fully saturated rings. The predicted octanol–water partition coefficient (Wildman–Crippen LogP) is 1.87. The van der Waals surface area contributed by atoms with E-state index in [2.05, 4.69) is 42.6 Å². The smallest absolute Gasteiger partial charge is 0.213 e. The van der Waals surface area contributed by atoms with Crippen LogP contribution in [-0.4, -0.2) is 10.1 Å². The molecular formula is C9H9IN4O. The summed E-state index contributed by atoms with van der Waals surface area (Å²) in [4.78, 5) is 3.90. The van der Waals surface area contributed by atoms with Gasteiger partial charge in [-0.05, 0) is 40.8 Å². The molecule has 0 saturated carbocycles. The molecular weight excluding hydrogens is 307 g/mol. The van der Waals surface area contributed by atoms with Gasteiger partial charge in [-0.2, -0.15) is 4.98 Å². The topological polar surface area (TPSA) is 77.0 Å². The Morgan fingerprint density at radius 2 is 2.33 bits per heavy atom. The highest BCUT2D eigenvalue weighted by atomic mass is 127. The van der Waals surface area contributed by atoms with Crippen LogP contribution in [0.25, 0.3) is 0 Å². The lowest BCUT2D eigenvalue weighted by atomic mass is 10.3. The van der Waals surface area contributed by atoms with Crippen LogP contribution in [0, 0.1) is 3.57 Å². The summed E-state index contributed by atoms with van der Waals surface area (Å²) < 4.78 is 5.73. The van der Waals surface area contributed by atoms with Crippen LogP contribution in [0.5, 0.6) is 0 Å². The molecule has 2 aromatic rings. The van der Waals surface area contributed by atoms with Crippen molar-refractivity contribution < 1.29 is 4.52 Å². The number of hydrogen-bond donors (Lipinski definition) is 2. The maximum absolute atomic E-state index is 5.83. The van der Waals surface area contributed by atoms with Gasteiger partial charge in [-0.15, -0.1) is 0 Å². The lowest BCUT2D eigenvalue weighted by Crippen LogP contribution is -2.03. The van der Waals surface area contributed by atoms with Gasteiger partial charge in [-0.25, -0.2) is 0 Å². The van der Waals surface area contributed by atoms with Gasteiger partial charge in [0.1, 0.15) is 0 Å². The number of benzene rings is 1. The fourth-order valence-corrected chi connectivity index (χ4v) is 1.65. The van der Waals surface area contributed by atoms with Crippen molar-refractivity contribution >= 4 is 34.0 Å². The first-order chi connectivity index (χ1) is 7.25. The Morgan fingerprint density at radius 3 is 3.00 bits per heavy atom. The molecule has 0 saturated heterocycles. The molecule has 0 aliphatic rings. The minimum atomic E-state index is 0.501. The van der Waals surface area contributed by atoms with Crippen molar-refractivity contribution in [3.8, 4) is 0 Å². The highest BCUT2D eigenvalue weighted by molar-refractivity contribution is 14.1. The first kappa shape index (κ1) is 10.2. The molecule has 78 valence electrons. The number of nitrogens with one attached hydrogen (secondary N) is 1. The van der Waals surface area contributed by atoms with Crippen LogP contribution >= 0.6 is 22.6 Å². The fraction of sp³-hybridized carbons (Fsp3) is 0.111. The lowest BCUT2D eigenvalue weighted by Gasteiger charge is -2.07. The summed E-state index contributed by atoms with van der Waals surface area (Å²) in [5.74, 6) is 0.605. The van der Waals surface area contributed by atoms with Gasteiger partial charge in [0.05, 0.1) is 17.9 Å². The van der Waals surface area contributed by atoms with E-state index in [9.17, 15) is 0 Å². The van der Waals surface area contributed by atoms with Gasteiger partial charge in [-0.1, -0.05) is 5.16 Å². The van der Waals surface area contributed by atoms with Crippen LogP contribution in [0.3, 0.4) is 0 Å². The van der Waals surface area contributed by atoms with E-state index >= 15 is 0 Å². The number of rotatable bonds is 3. The second-order valence-corrected chi connectivity index (χ2v) is 4.18. The number of halogens is 1. The Morgan fingerprint density at radius 1 is 1.47 bits per heavy atom. The van der Waals surface area contributed by atoms with Gasteiger partial charge >= 0.3 is 0 Å². The second-order valence-electron chi connectivity index (χ2n) is 2.93. The maximum atomic E-state index is 5.83. The van der Waals surface area contributed by atoms with Crippen molar-refractivity contribution in [2.75, 3.05) is 11.1 Å². The summed E-state index contributed by atoms with van der Waals surface area (Å²) in [5.41, 5.74) is 7.42. The van der Waals surface area contributed by atoms with Gasteiger partial charge in [0.15, 0.2) is 5.82 Å². The van der Waals surface area contributed by atoms with Crippen molar-refractivity contribution in [1.29, 1.82) is 0 Å². The number of nitrogen functional groups attached to an aromatic ring is 1. The van der Waals surface area contributed by atoms with Crippen LogP contribution < -0.4 is 11.1 Å². The summed E-state index contributed by atoms with van der Waals surface area (Å²) in [6.45, 7) is 0.501. The Hall–Kier alpha value is -1.31. The van der Waals surface area contributed by atoms with E-state index in [1.54, 1.807) is 0 Å². The van der Waals surface area contributed by atoms with E-state index in [0.29, 0.717) is 18.1 Å². The standard InChI is InChI=1S/C9H9IN4O/c10-6-1-2-8(7(11)3-6)12-4-9-13-5-15-14-9/h1-3,5,12H,4,11H2. The van der Waals surface area contributed by atoms with Gasteiger partial charge in [0.2, 0.25) is 6.39 Å². The molecule has 0 amide bonds. The zero-order valence-electron chi connectivity index (χ0n) is 7.77. The van der Waals surface area contributed by atoms with Crippen molar-refractivity contribution in [3.63, 3.8) is 0 Å². The summed E-state index contributed by atoms with van der Waals surface area (Å²) in [6, 6.07) is 5.81. The SMILES string of the molecule is Nc1cc(I)ccc1NCc1ncon1. The molecule has 0 bridgehead atoms. The Balaban J connectivity index is 2.05. The van der Waals surface area contributed by atoms with E-state index in [1.165, 1.54) is 6.39 Å². The van der Waals surface area contributed by atoms with Crippen LogP contribution in [0.1, 0.15) is 5.82 Å². The van der Waals surface area contributed by atoms with Crippen molar-refractivity contribution in [1.82, 2.24) is 10.1 Å². The van der Waals surface area contributed by atoms with Crippen LogP contribution in [0.2, 0.25) is 0 Å². The average Bonchev–Trinajstić information content (AvgIpc) is 2.69. The zero-order chi connectivity index (χ0) is 10.7. The molecule has 0 radical (unpaired) electrons. The maximum Gasteiger partial charge on any atom is 0.213 e. The van der Waals surface area contributed by atoms with E-state index in [1.807, 2.05) is 18.2 Å². The number of anilines is 2. The summed E-state index contributed by atoms with van der Waals surface area (Å²) in [5, 5.41) is 6.82. The summed E-state index contributed by atoms with van der Waals surface area (Å²) in [7, 11) is 0. The first-order valence-corrected chi connectivity index (χ1v) is 5.38. The normalized spacial score (nSPS) is 10.2. The first-order valence-electron chi connectivity index (χ1n) is 4.30. The molecule has 0 spiro atoms. The van der Waals surface area contributed by atoms with E-state index < -0.39 is 0 Å². The van der Waals surface area contributed by atoms with Crippen LogP contribution in [0.15, 0.2) is 29.1 Å². The lowest BCUT2D eigenvalue weighted by molar-refractivity contribution is 0.411. The molecule has 1 aromatic heterocycles. The molecule has 5 nitrogen and oxygen atoms in total. The highest BCUT2D eigenvalue weighted by Crippen LogP contribution is 2.20. The molecule has 0 unspecified atom stereocenters. The Labute approximate surface area is 100 Å². The average molecular weight is 316 g/mol. The number of nitrogens with two attached hydrogens (primary N) is 1. The number of nitrogens with zero attached hydrogens (tertiary/aromatic N) is 2. The largest absolute Gasteiger partial charge is 0.397 e. The van der Waals surface area contributed by atoms with Crippen LogP contribution in [0.4, 0.5) is 11.4 Å². The minimum Gasteiger partial charge on any atom is -0.397 e. The van der Waals surface area contributed by atoms with Gasteiger partial charge < -0.3 is 15.6 Å². The number of hydrogen-bond acceptors (Lipinski definition) is 5. The second kappa shape index (κ2) is 4.47. The summed E-state index contributed by atoms with van der Waals surface area (Å²) in [6.07, 6.45) is 1.30. The van der Waals surface area contributed by atoms with E-state index in [0.717, 1.165) is 9.26 Å². The zero-order valence-corrected chi connectivity index (χ0v) is 9.93. The molecule has 6 heteroatoms.